The molecule has 0 spiro atoms. The summed E-state index contributed by atoms with van der Waals surface area (Å²) in [6.45, 7) is 2.53. The van der Waals surface area contributed by atoms with Crippen molar-refractivity contribution in [3.8, 4) is 17.4 Å². The molecular formula is C21H18ClN3O6. The van der Waals surface area contributed by atoms with Crippen LogP contribution in [-0.2, 0) is 6.61 Å². The van der Waals surface area contributed by atoms with Crippen LogP contribution in [0.3, 0.4) is 0 Å². The third-order valence-corrected chi connectivity index (χ3v) is 4.49. The van der Waals surface area contributed by atoms with Crippen LogP contribution in [0.1, 0.15) is 23.9 Å². The van der Waals surface area contributed by atoms with Crippen LogP contribution in [0.5, 0.6) is 17.4 Å². The lowest BCUT2D eigenvalue weighted by atomic mass is 10.2. The largest absolute Gasteiger partial charge is 0.490 e. The molecule has 0 fully saturated rings. The molecule has 3 aromatic rings. The number of ether oxygens (including phenoxy) is 2. The summed E-state index contributed by atoms with van der Waals surface area (Å²) in [5.41, 5.74) is -0.524. The van der Waals surface area contributed by atoms with Gasteiger partial charge in [-0.25, -0.2) is 0 Å². The van der Waals surface area contributed by atoms with Crippen LogP contribution in [-0.4, -0.2) is 26.6 Å². The lowest BCUT2D eigenvalue weighted by Gasteiger charge is -2.13. The van der Waals surface area contributed by atoms with Gasteiger partial charge >= 0.3 is 11.2 Å². The molecule has 1 aromatic heterocycles. The molecule has 31 heavy (non-hydrogen) atoms. The maximum Gasteiger partial charge on any atom is 0.395 e. The van der Waals surface area contributed by atoms with Gasteiger partial charge in [0, 0.05) is 10.6 Å². The van der Waals surface area contributed by atoms with E-state index in [2.05, 4.69) is 9.97 Å². The van der Waals surface area contributed by atoms with Crippen LogP contribution in [0, 0.1) is 10.1 Å². The number of nitro groups is 1. The fourth-order valence-corrected chi connectivity index (χ4v) is 2.87. The highest BCUT2D eigenvalue weighted by Crippen LogP contribution is 2.30. The molecule has 0 amide bonds. The maximum atomic E-state index is 11.7. The van der Waals surface area contributed by atoms with Crippen molar-refractivity contribution in [2.75, 3.05) is 6.61 Å². The van der Waals surface area contributed by atoms with E-state index >= 15 is 0 Å². The van der Waals surface area contributed by atoms with Gasteiger partial charge < -0.3 is 19.6 Å². The first-order valence-corrected chi connectivity index (χ1v) is 9.55. The van der Waals surface area contributed by atoms with Gasteiger partial charge in [0.05, 0.1) is 11.5 Å². The van der Waals surface area contributed by atoms with Gasteiger partial charge in [0.2, 0.25) is 0 Å². The number of benzene rings is 2. The smallest absolute Gasteiger partial charge is 0.395 e. The van der Waals surface area contributed by atoms with E-state index in [-0.39, 0.29) is 12.4 Å². The van der Waals surface area contributed by atoms with Crippen molar-refractivity contribution >= 4 is 29.4 Å². The van der Waals surface area contributed by atoms with Crippen molar-refractivity contribution in [3.63, 3.8) is 0 Å². The highest BCUT2D eigenvalue weighted by Gasteiger charge is 2.21. The predicted octanol–water partition coefficient (Wildman–Crippen LogP) is 4.19. The molecule has 0 atom stereocenters. The van der Waals surface area contributed by atoms with Crippen molar-refractivity contribution in [1.29, 1.82) is 0 Å². The van der Waals surface area contributed by atoms with E-state index in [0.29, 0.717) is 28.7 Å². The summed E-state index contributed by atoms with van der Waals surface area (Å²) in [5.74, 6) is 0.0416. The van der Waals surface area contributed by atoms with E-state index in [1.54, 1.807) is 30.3 Å². The van der Waals surface area contributed by atoms with Gasteiger partial charge in [-0.2, -0.15) is 4.98 Å². The molecular weight excluding hydrogens is 426 g/mol. The molecule has 0 unspecified atom stereocenters. The minimum atomic E-state index is -1.05. The summed E-state index contributed by atoms with van der Waals surface area (Å²) in [6, 6.07) is 12.6. The molecule has 0 saturated heterocycles. The lowest BCUT2D eigenvalue weighted by molar-refractivity contribution is -0.387. The molecule has 0 aliphatic rings. The van der Waals surface area contributed by atoms with Crippen molar-refractivity contribution in [2.45, 2.75) is 13.5 Å². The molecule has 0 saturated carbocycles. The Hall–Kier alpha value is -3.85. The van der Waals surface area contributed by atoms with Gasteiger partial charge in [-0.05, 0) is 36.8 Å². The zero-order chi connectivity index (χ0) is 22.4. The highest BCUT2D eigenvalue weighted by atomic mass is 35.5. The number of nitrogens with zero attached hydrogens (tertiary/aromatic N) is 2. The van der Waals surface area contributed by atoms with Crippen molar-refractivity contribution < 1.29 is 19.5 Å². The van der Waals surface area contributed by atoms with Gasteiger partial charge in [-0.3, -0.25) is 14.9 Å². The topological polar surface area (TPSA) is 128 Å². The average Bonchev–Trinajstić information content (AvgIpc) is 2.72. The number of aromatic amines is 1. The Morgan fingerprint density at radius 3 is 2.65 bits per heavy atom. The number of hydrogen-bond donors (Lipinski definition) is 2. The molecule has 9 nitrogen and oxygen atoms in total. The number of H-pyrrole nitrogens is 1. The molecule has 10 heteroatoms. The fourth-order valence-electron chi connectivity index (χ4n) is 2.68. The van der Waals surface area contributed by atoms with Crippen molar-refractivity contribution in [1.82, 2.24) is 9.97 Å². The Labute approximate surface area is 181 Å². The molecule has 1 heterocycles. The summed E-state index contributed by atoms with van der Waals surface area (Å²) in [5, 5.41) is 21.0. The third kappa shape index (κ3) is 5.40. The molecule has 0 aliphatic heterocycles. The second kappa shape index (κ2) is 9.77. The van der Waals surface area contributed by atoms with E-state index in [4.69, 9.17) is 21.1 Å². The number of aromatic nitrogens is 2. The lowest BCUT2D eigenvalue weighted by Crippen LogP contribution is -2.14. The van der Waals surface area contributed by atoms with Gasteiger partial charge in [0.1, 0.15) is 12.4 Å². The summed E-state index contributed by atoms with van der Waals surface area (Å²) in [7, 11) is 0. The van der Waals surface area contributed by atoms with Gasteiger partial charge in [-0.1, -0.05) is 41.9 Å². The van der Waals surface area contributed by atoms with Crippen LogP contribution in [0.2, 0.25) is 5.02 Å². The van der Waals surface area contributed by atoms with E-state index < -0.39 is 22.0 Å². The van der Waals surface area contributed by atoms with Gasteiger partial charge in [-0.15, -0.1) is 0 Å². The standard InChI is InChI=1S/C21H18ClN3O6/c1-2-30-17-11-13(7-9-16(17)31-12-14-5-3-4-6-15(14)22)8-10-18-23-20(26)19(25(28)29)21(27)24-18/h3-11H,2,12H2,1H3,(H2,23,24,26,27)/b10-8-. The summed E-state index contributed by atoms with van der Waals surface area (Å²) >= 11 is 6.16. The first-order valence-electron chi connectivity index (χ1n) is 9.18. The first-order chi connectivity index (χ1) is 14.9. The minimum absolute atomic E-state index is 0.0369. The van der Waals surface area contributed by atoms with Gasteiger partial charge in [0.25, 0.3) is 5.88 Å². The zero-order valence-corrected chi connectivity index (χ0v) is 17.1. The van der Waals surface area contributed by atoms with Crippen molar-refractivity contribution in [2.24, 2.45) is 0 Å². The van der Waals surface area contributed by atoms with E-state index in [9.17, 15) is 20.0 Å². The van der Waals surface area contributed by atoms with Crippen LogP contribution in [0.15, 0.2) is 47.3 Å². The third-order valence-electron chi connectivity index (χ3n) is 4.12. The van der Waals surface area contributed by atoms with Crippen LogP contribution in [0.4, 0.5) is 5.69 Å². The van der Waals surface area contributed by atoms with Crippen molar-refractivity contribution in [3.05, 3.63) is 84.9 Å². The monoisotopic (exact) mass is 443 g/mol. The normalized spacial score (nSPS) is 10.9. The zero-order valence-electron chi connectivity index (χ0n) is 16.4. The molecule has 2 N–H and O–H groups in total. The Morgan fingerprint density at radius 2 is 1.97 bits per heavy atom. The Kier molecular flexibility index (Phi) is 6.88. The van der Waals surface area contributed by atoms with E-state index in [0.717, 1.165) is 5.56 Å². The Morgan fingerprint density at radius 1 is 1.19 bits per heavy atom. The maximum absolute atomic E-state index is 11.7. The summed E-state index contributed by atoms with van der Waals surface area (Å²) in [4.78, 5) is 27.4. The predicted molar refractivity (Wildman–Crippen MR) is 115 cm³/mol. The quantitative estimate of drug-likeness (QED) is 0.394. The van der Waals surface area contributed by atoms with E-state index in [1.807, 2.05) is 25.1 Å². The second-order valence-corrected chi connectivity index (χ2v) is 6.64. The Bertz CT molecular complexity index is 1190. The fraction of sp³-hybridized carbons (Fsp3) is 0.143. The molecule has 0 aliphatic carbocycles. The number of aromatic hydroxyl groups is 1. The van der Waals surface area contributed by atoms with Crippen LogP contribution in [0.25, 0.3) is 12.2 Å². The summed E-state index contributed by atoms with van der Waals surface area (Å²) in [6.07, 6.45) is 3.00. The minimum Gasteiger partial charge on any atom is -0.490 e. The molecule has 160 valence electrons. The number of nitrogens with one attached hydrogen (secondary N) is 1. The first kappa shape index (κ1) is 21.8. The average molecular weight is 444 g/mol. The number of hydrogen-bond acceptors (Lipinski definition) is 7. The molecule has 0 radical (unpaired) electrons. The molecule has 3 rings (SSSR count). The molecule has 0 bridgehead atoms. The van der Waals surface area contributed by atoms with Crippen LogP contribution < -0.4 is 15.0 Å². The summed E-state index contributed by atoms with van der Waals surface area (Å²) < 4.78 is 11.5. The molecule has 2 aromatic carbocycles. The van der Waals surface area contributed by atoms with Crippen LogP contribution >= 0.6 is 11.6 Å². The number of halogens is 1. The van der Waals surface area contributed by atoms with Gasteiger partial charge in [0.15, 0.2) is 11.5 Å². The second-order valence-electron chi connectivity index (χ2n) is 6.23. The number of rotatable bonds is 8. The highest BCUT2D eigenvalue weighted by molar-refractivity contribution is 6.31. The SMILES string of the molecule is CCOc1cc(/C=C\c2nc(O)c([N+](=O)[O-])c(=O)[nH]2)ccc1OCc1ccccc1Cl. The Balaban J connectivity index is 1.81. The van der Waals surface area contributed by atoms with E-state index in [1.165, 1.54) is 6.08 Å².